The van der Waals surface area contributed by atoms with Gasteiger partial charge in [-0.3, -0.25) is 4.79 Å². The molecule has 3 N–H and O–H groups in total. The van der Waals surface area contributed by atoms with Crippen LogP contribution in [0.15, 0.2) is 12.1 Å². The molecule has 1 amide bonds. The van der Waals surface area contributed by atoms with Gasteiger partial charge >= 0.3 is 0 Å². The van der Waals surface area contributed by atoms with Crippen molar-refractivity contribution in [1.82, 2.24) is 5.32 Å². The minimum Gasteiger partial charge on any atom is -0.507 e. The van der Waals surface area contributed by atoms with Crippen LogP contribution in [0.2, 0.25) is 10.0 Å². The SMILES string of the molecule is CCC(CO)NC(=O)c1c(O)cc(Cl)cc1Cl. The fourth-order valence-corrected chi connectivity index (χ4v) is 1.89. The third-order valence-electron chi connectivity index (χ3n) is 2.31. The summed E-state index contributed by atoms with van der Waals surface area (Å²) >= 11 is 11.5. The maximum Gasteiger partial charge on any atom is 0.256 e. The van der Waals surface area contributed by atoms with Crippen molar-refractivity contribution < 1.29 is 15.0 Å². The van der Waals surface area contributed by atoms with E-state index in [1.54, 1.807) is 0 Å². The molecule has 0 aliphatic carbocycles. The zero-order valence-corrected chi connectivity index (χ0v) is 10.7. The number of halogens is 2. The average Bonchev–Trinajstić information content (AvgIpc) is 2.24. The summed E-state index contributed by atoms with van der Waals surface area (Å²) in [5.74, 6) is -0.821. The Balaban J connectivity index is 2.96. The Morgan fingerprint density at radius 1 is 1.47 bits per heavy atom. The van der Waals surface area contributed by atoms with Gasteiger partial charge in [-0.05, 0) is 18.6 Å². The highest BCUT2D eigenvalue weighted by Crippen LogP contribution is 2.29. The van der Waals surface area contributed by atoms with E-state index in [1.807, 2.05) is 6.92 Å². The van der Waals surface area contributed by atoms with Gasteiger partial charge < -0.3 is 15.5 Å². The Bertz CT molecular complexity index is 396. The molecule has 6 heteroatoms. The van der Waals surface area contributed by atoms with Crippen LogP contribution in [-0.4, -0.2) is 28.8 Å². The minimum absolute atomic E-state index is 0.0389. The number of amides is 1. The first-order valence-corrected chi connectivity index (χ1v) is 5.84. The minimum atomic E-state index is -0.537. The van der Waals surface area contributed by atoms with E-state index in [-0.39, 0.29) is 34.0 Å². The quantitative estimate of drug-likeness (QED) is 0.790. The largest absolute Gasteiger partial charge is 0.507 e. The number of phenols is 1. The number of nitrogens with one attached hydrogen (secondary N) is 1. The van der Waals surface area contributed by atoms with Crippen molar-refractivity contribution in [1.29, 1.82) is 0 Å². The number of hydrogen-bond acceptors (Lipinski definition) is 3. The molecule has 17 heavy (non-hydrogen) atoms. The Morgan fingerprint density at radius 2 is 2.12 bits per heavy atom. The van der Waals surface area contributed by atoms with Crippen LogP contribution in [-0.2, 0) is 0 Å². The highest BCUT2D eigenvalue weighted by Gasteiger charge is 2.18. The van der Waals surface area contributed by atoms with Crippen molar-refractivity contribution in [3.8, 4) is 5.75 Å². The van der Waals surface area contributed by atoms with E-state index >= 15 is 0 Å². The van der Waals surface area contributed by atoms with Gasteiger partial charge in [0.25, 0.3) is 5.91 Å². The number of hydrogen-bond donors (Lipinski definition) is 3. The molecule has 0 aromatic heterocycles. The van der Waals surface area contributed by atoms with Gasteiger partial charge in [-0.15, -0.1) is 0 Å². The lowest BCUT2D eigenvalue weighted by molar-refractivity contribution is 0.0912. The van der Waals surface area contributed by atoms with Crippen LogP contribution in [0, 0.1) is 0 Å². The van der Waals surface area contributed by atoms with Crippen molar-refractivity contribution in [3.05, 3.63) is 27.7 Å². The molecule has 0 bridgehead atoms. The highest BCUT2D eigenvalue weighted by molar-refractivity contribution is 6.37. The smallest absolute Gasteiger partial charge is 0.256 e. The third kappa shape index (κ3) is 3.49. The Morgan fingerprint density at radius 3 is 2.59 bits per heavy atom. The number of aliphatic hydroxyl groups is 1. The first-order chi connectivity index (χ1) is 7.99. The Labute approximate surface area is 109 Å². The van der Waals surface area contributed by atoms with Gasteiger partial charge in [0.2, 0.25) is 0 Å². The zero-order chi connectivity index (χ0) is 13.0. The fraction of sp³-hybridized carbons (Fsp3) is 0.364. The normalized spacial score (nSPS) is 12.2. The van der Waals surface area contributed by atoms with Crippen LogP contribution < -0.4 is 5.32 Å². The summed E-state index contributed by atoms with van der Waals surface area (Å²) in [6.45, 7) is 1.65. The molecular formula is C11H13Cl2NO3. The van der Waals surface area contributed by atoms with Crippen LogP contribution >= 0.6 is 23.2 Å². The Hall–Kier alpha value is -0.970. The predicted octanol–water partition coefficient (Wildman–Crippen LogP) is 2.20. The molecule has 0 fully saturated rings. The molecule has 94 valence electrons. The molecule has 0 radical (unpaired) electrons. The molecule has 1 aromatic carbocycles. The number of aliphatic hydroxyl groups excluding tert-OH is 1. The molecule has 1 atom stereocenters. The third-order valence-corrected chi connectivity index (χ3v) is 2.83. The summed E-state index contributed by atoms with van der Waals surface area (Å²) in [4.78, 5) is 11.8. The maximum atomic E-state index is 11.8. The molecule has 1 unspecified atom stereocenters. The van der Waals surface area contributed by atoms with Crippen LogP contribution in [0.3, 0.4) is 0 Å². The number of rotatable bonds is 4. The van der Waals surface area contributed by atoms with Gasteiger partial charge in [-0.25, -0.2) is 0 Å². The molecular weight excluding hydrogens is 265 g/mol. The molecule has 0 spiro atoms. The van der Waals surface area contributed by atoms with Crippen LogP contribution in [0.4, 0.5) is 0 Å². The lowest BCUT2D eigenvalue weighted by atomic mass is 10.1. The van der Waals surface area contributed by atoms with Gasteiger partial charge in [0, 0.05) is 5.02 Å². The first-order valence-electron chi connectivity index (χ1n) is 5.09. The second-order valence-electron chi connectivity index (χ2n) is 3.54. The van der Waals surface area contributed by atoms with Crippen LogP contribution in [0.25, 0.3) is 0 Å². The van der Waals surface area contributed by atoms with Crippen molar-refractivity contribution in [2.75, 3.05) is 6.61 Å². The molecule has 1 rings (SSSR count). The standard InChI is InChI=1S/C11H13Cl2NO3/c1-2-7(5-15)14-11(17)10-8(13)3-6(12)4-9(10)16/h3-4,7,15-16H,2,5H2,1H3,(H,14,17). The summed E-state index contributed by atoms with van der Waals surface area (Å²) in [5.41, 5.74) is -0.0389. The van der Waals surface area contributed by atoms with Gasteiger partial charge in [0.1, 0.15) is 5.75 Å². The number of phenolic OH excluding ortho intramolecular Hbond substituents is 1. The van der Waals surface area contributed by atoms with Gasteiger partial charge in [-0.1, -0.05) is 30.1 Å². The van der Waals surface area contributed by atoms with Crippen molar-refractivity contribution >= 4 is 29.1 Å². The van der Waals surface area contributed by atoms with Gasteiger partial charge in [0.05, 0.1) is 23.2 Å². The number of aromatic hydroxyl groups is 1. The molecule has 0 aliphatic rings. The monoisotopic (exact) mass is 277 g/mol. The fourth-order valence-electron chi connectivity index (χ4n) is 1.32. The molecule has 0 saturated heterocycles. The highest BCUT2D eigenvalue weighted by atomic mass is 35.5. The summed E-state index contributed by atoms with van der Waals surface area (Å²) in [6, 6.07) is 2.24. The van der Waals surface area contributed by atoms with E-state index in [0.717, 1.165) is 0 Å². The van der Waals surface area contributed by atoms with Crippen LogP contribution in [0.5, 0.6) is 5.75 Å². The van der Waals surface area contributed by atoms with E-state index < -0.39 is 5.91 Å². The molecule has 0 aliphatic heterocycles. The summed E-state index contributed by atoms with van der Waals surface area (Å²) in [7, 11) is 0. The lowest BCUT2D eigenvalue weighted by Gasteiger charge is -2.15. The summed E-state index contributed by atoms with van der Waals surface area (Å²) in [5, 5.41) is 21.5. The second kappa shape index (κ2) is 6.10. The van der Waals surface area contributed by atoms with E-state index in [2.05, 4.69) is 5.32 Å². The van der Waals surface area contributed by atoms with Gasteiger partial charge in [0.15, 0.2) is 0 Å². The van der Waals surface area contributed by atoms with Crippen molar-refractivity contribution in [3.63, 3.8) is 0 Å². The molecule has 1 aromatic rings. The van der Waals surface area contributed by atoms with E-state index in [0.29, 0.717) is 6.42 Å². The van der Waals surface area contributed by atoms with Crippen molar-refractivity contribution in [2.45, 2.75) is 19.4 Å². The topological polar surface area (TPSA) is 69.6 Å². The second-order valence-corrected chi connectivity index (χ2v) is 4.39. The van der Waals surface area contributed by atoms with Gasteiger partial charge in [-0.2, -0.15) is 0 Å². The maximum absolute atomic E-state index is 11.8. The summed E-state index contributed by atoms with van der Waals surface area (Å²) in [6.07, 6.45) is 0.578. The number of carbonyl (C=O) groups excluding carboxylic acids is 1. The first kappa shape index (κ1) is 14.1. The Kier molecular flexibility index (Phi) is 5.05. The lowest BCUT2D eigenvalue weighted by Crippen LogP contribution is -2.37. The average molecular weight is 278 g/mol. The van der Waals surface area contributed by atoms with Crippen molar-refractivity contribution in [2.24, 2.45) is 0 Å². The molecule has 4 nitrogen and oxygen atoms in total. The van der Waals surface area contributed by atoms with E-state index in [9.17, 15) is 9.90 Å². The predicted molar refractivity (Wildman–Crippen MR) is 66.8 cm³/mol. The summed E-state index contributed by atoms with van der Waals surface area (Å²) < 4.78 is 0. The molecule has 0 saturated carbocycles. The number of carbonyl (C=O) groups is 1. The number of benzene rings is 1. The van der Waals surface area contributed by atoms with Crippen LogP contribution in [0.1, 0.15) is 23.7 Å². The zero-order valence-electron chi connectivity index (χ0n) is 9.20. The van der Waals surface area contributed by atoms with E-state index in [1.165, 1.54) is 12.1 Å². The molecule has 0 heterocycles. The van der Waals surface area contributed by atoms with E-state index in [4.69, 9.17) is 28.3 Å².